The number of benzene rings is 3. The number of aliphatic hydroxyl groups is 1. The number of aliphatic hydroxyl groups excluding tert-OH is 1. The Bertz CT molecular complexity index is 3620. The monoisotopic (exact) mass is 1180 g/mol. The minimum atomic E-state index is -5.68. The fourth-order valence-electron chi connectivity index (χ4n) is 11.9. The number of imidazole rings is 1. The number of nitrogens with two attached hydrogens (primary N) is 1. The van der Waals surface area contributed by atoms with Crippen LogP contribution in [0.25, 0.3) is 16.7 Å². The second-order valence-corrected chi connectivity index (χ2v) is 26.2. The van der Waals surface area contributed by atoms with Crippen molar-refractivity contribution in [2.75, 3.05) is 70.1 Å². The summed E-state index contributed by atoms with van der Waals surface area (Å²) in [5.74, 6) is 1.26. The Balaban J connectivity index is 0.734. The van der Waals surface area contributed by atoms with Crippen molar-refractivity contribution in [1.82, 2.24) is 39.6 Å². The zero-order chi connectivity index (χ0) is 56.3. The number of phosphoric ester groups is 1. The first kappa shape index (κ1) is 56.1. The highest BCUT2D eigenvalue weighted by Gasteiger charge is 2.50. The van der Waals surface area contributed by atoms with Crippen LogP contribution in [0.15, 0.2) is 49.1 Å². The molecule has 30 heteroatoms. The molecule has 6 atom stereocenters. The molecule has 3 aromatic carbocycles. The molecule has 1 fully saturated rings. The zero-order valence-corrected chi connectivity index (χ0v) is 46.8. The minimum absolute atomic E-state index is 0.00964. The summed E-state index contributed by atoms with van der Waals surface area (Å²) in [7, 11) is -9.55. The number of amides is 3. The van der Waals surface area contributed by atoms with Crippen molar-refractivity contribution < 1.29 is 75.5 Å². The van der Waals surface area contributed by atoms with Gasteiger partial charge in [-0.05, 0) is 86.1 Å². The summed E-state index contributed by atoms with van der Waals surface area (Å²) < 4.78 is 59.9. The average Bonchev–Trinajstić information content (AvgIpc) is 4.02. The van der Waals surface area contributed by atoms with Gasteiger partial charge < -0.3 is 65.1 Å². The van der Waals surface area contributed by atoms with Crippen LogP contribution in [0.2, 0.25) is 0 Å². The summed E-state index contributed by atoms with van der Waals surface area (Å²) in [6.07, 6.45) is 3.14. The van der Waals surface area contributed by atoms with E-state index in [1.165, 1.54) is 44.2 Å². The number of aryl methyl sites for hydroxylation is 2. The Morgan fingerprint density at radius 2 is 1.64 bits per heavy atom. The lowest BCUT2D eigenvalue weighted by molar-refractivity contribution is -0.121. The molecule has 6 aliphatic rings. The Hall–Kier alpha value is -5.76. The predicted molar refractivity (Wildman–Crippen MR) is 290 cm³/mol. The maximum atomic E-state index is 14.7. The van der Waals surface area contributed by atoms with Crippen LogP contribution in [0.3, 0.4) is 0 Å². The van der Waals surface area contributed by atoms with E-state index in [0.717, 1.165) is 117 Å². The van der Waals surface area contributed by atoms with Crippen LogP contribution < -0.4 is 41.2 Å². The van der Waals surface area contributed by atoms with Gasteiger partial charge in [0.25, 0.3) is 5.91 Å². The Labute approximate surface area is 462 Å². The van der Waals surface area contributed by atoms with Crippen molar-refractivity contribution in [2.45, 2.75) is 88.7 Å². The number of aromatic nitrogens is 4. The van der Waals surface area contributed by atoms with Crippen LogP contribution in [0, 0.1) is 0 Å². The zero-order valence-electron chi connectivity index (χ0n) is 43.3. The molecule has 6 aliphatic heterocycles. The van der Waals surface area contributed by atoms with Gasteiger partial charge in [-0.15, -0.1) is 0 Å². The van der Waals surface area contributed by atoms with E-state index in [-0.39, 0.29) is 54.9 Å². The first-order valence-electron chi connectivity index (χ1n) is 26.3. The number of nitrogens with one attached hydrogen (secondary N) is 2. The van der Waals surface area contributed by atoms with Crippen molar-refractivity contribution in [3.63, 3.8) is 0 Å². The largest absolute Gasteiger partial charge is 0.488 e. The van der Waals surface area contributed by atoms with Gasteiger partial charge in [0.1, 0.15) is 48.6 Å². The topological polar surface area (TPSA) is 345 Å². The maximum absolute atomic E-state index is 14.7. The molecular formula is C50H60N10O16P3S+. The Kier molecular flexibility index (Phi) is 15.8. The van der Waals surface area contributed by atoms with Crippen LogP contribution in [-0.2, 0) is 74.0 Å². The fourth-order valence-corrected chi connectivity index (χ4v) is 15.6. The number of rotatable bonds is 18. The first-order valence-corrected chi connectivity index (χ1v) is 31.9. The van der Waals surface area contributed by atoms with E-state index >= 15 is 0 Å². The molecule has 3 amide bonds. The molecule has 80 heavy (non-hydrogen) atoms. The number of nitrogens with zero attached hydrogens (tertiary/aromatic N) is 7. The van der Waals surface area contributed by atoms with E-state index in [2.05, 4.69) is 67.6 Å². The average molecular weight is 1180 g/mol. The van der Waals surface area contributed by atoms with Crippen LogP contribution in [-0.4, -0.2) is 145 Å². The minimum Gasteiger partial charge on any atom is -0.455 e. The number of hydrogen-bond donors (Lipinski definition) is 8. The number of alkyl carbamates (subject to hydrolysis) is 1. The molecule has 0 radical (unpaired) electrons. The van der Waals surface area contributed by atoms with Crippen molar-refractivity contribution in [3.8, 4) is 11.5 Å². The molecule has 426 valence electrons. The molecule has 8 heterocycles. The third-order valence-electron chi connectivity index (χ3n) is 15.1. The van der Waals surface area contributed by atoms with Gasteiger partial charge in [-0.3, -0.25) is 18.7 Å². The number of anilines is 2. The molecule has 26 nitrogen and oxygen atoms in total. The van der Waals surface area contributed by atoms with E-state index < -0.39 is 59.6 Å². The Morgan fingerprint density at radius 1 is 0.900 bits per heavy atom. The summed E-state index contributed by atoms with van der Waals surface area (Å²) in [5.41, 5.74) is 16.0. The van der Waals surface area contributed by atoms with Gasteiger partial charge in [-0.25, -0.2) is 37.8 Å². The van der Waals surface area contributed by atoms with Gasteiger partial charge in [0.2, 0.25) is 11.3 Å². The van der Waals surface area contributed by atoms with E-state index in [1.54, 1.807) is 11.9 Å². The molecule has 0 aliphatic carbocycles. The number of ether oxygens (including phenoxy) is 3. The highest BCUT2D eigenvalue weighted by atomic mass is 32.5. The molecule has 0 spiro atoms. The third-order valence-corrected chi connectivity index (χ3v) is 19.5. The van der Waals surface area contributed by atoms with Crippen molar-refractivity contribution in [3.05, 3.63) is 98.6 Å². The van der Waals surface area contributed by atoms with Crippen molar-refractivity contribution in [1.29, 1.82) is 0 Å². The number of fused-ring (bicyclic) bond motifs is 5. The number of hydrogen-bond acceptors (Lipinski definition) is 18. The molecule has 1 saturated heterocycles. The molecule has 2 unspecified atom stereocenters. The molecular weight excluding hydrogens is 1120 g/mol. The highest BCUT2D eigenvalue weighted by molar-refractivity contribution is 8.08. The smallest absolute Gasteiger partial charge is 0.455 e. The predicted octanol–water partition coefficient (Wildman–Crippen LogP) is 2.33. The molecule has 0 saturated carbocycles. The maximum Gasteiger partial charge on any atom is 0.488 e. The molecule has 9 N–H and O–H groups in total. The summed E-state index contributed by atoms with van der Waals surface area (Å²) in [6.45, 7) is -1.73. The quantitative estimate of drug-likeness (QED) is 0.0348. The van der Waals surface area contributed by atoms with Crippen LogP contribution in [0.4, 0.5) is 16.3 Å². The van der Waals surface area contributed by atoms with Crippen molar-refractivity contribution in [2.24, 2.45) is 0 Å². The van der Waals surface area contributed by atoms with E-state index in [9.17, 15) is 48.2 Å². The van der Waals surface area contributed by atoms with Gasteiger partial charge in [-0.2, -0.15) is 4.31 Å². The van der Waals surface area contributed by atoms with E-state index in [0.29, 0.717) is 12.0 Å². The van der Waals surface area contributed by atoms with Gasteiger partial charge in [0.15, 0.2) is 23.8 Å². The standard InChI is InChI=1S/C50H59N10O16P3S/c1-57(48(63)31-12-3-2-11-30(31)38-34-23-28-9-4-19-58-21-6-13-32(40(28)58)43(34)73-44-33-14-7-22-59-20-5-10-29(41(33)59)24-35(38)44)18-8-15-37(61)52-16-17-53-50(64)74-45-36(25-71-77(65,66)75-78(67,68)76-79(69,70)80)72-49(42(45)62)60-27-56-39-46(51)54-26-55-47(39)60/h2-3,11-12,23-24,26-27,36,42,45,49,62H,4-10,13-22,25H2,1H3,(H7-,51,52,53,54,55,61,64,65,66,67,68,69,70,80)/p+1/t36-,42-,45-,49-/m1/s1. The Morgan fingerprint density at radius 3 is 2.44 bits per heavy atom. The summed E-state index contributed by atoms with van der Waals surface area (Å²) in [5, 5.41) is 18.9. The molecule has 2 aromatic heterocycles. The van der Waals surface area contributed by atoms with Crippen LogP contribution in [0.1, 0.15) is 88.5 Å². The first-order chi connectivity index (χ1) is 38.2. The number of carbonyl (C=O) groups is 3. The van der Waals surface area contributed by atoms with Gasteiger partial charge in [-0.1, -0.05) is 18.2 Å². The third kappa shape index (κ3) is 11.4. The summed E-state index contributed by atoms with van der Waals surface area (Å²) in [4.78, 5) is 95.6. The van der Waals surface area contributed by atoms with Gasteiger partial charge in [0.05, 0.1) is 18.5 Å². The van der Waals surface area contributed by atoms with Crippen LogP contribution in [0.5, 0.6) is 11.5 Å². The van der Waals surface area contributed by atoms with E-state index in [1.807, 2.05) is 24.3 Å². The van der Waals surface area contributed by atoms with Gasteiger partial charge >= 0.3 is 28.5 Å². The SMILES string of the molecule is CN(CCCC(=O)NCCNC(=O)O[C@H]1[C@@H](O)[C@H](n2cnc3c(N)ncnc32)O[C@@H]1COP(=O)(O)OP(=O)(O)OP(O)(O)=S)C(=O)c1ccccc1C1=c2cc3c4c(c2Oc2c1cc1c5c2CCCN5CCC1)CCC[N+]=4CCC3. The lowest BCUT2D eigenvalue weighted by Gasteiger charge is -2.39. The lowest BCUT2D eigenvalue weighted by atomic mass is 9.81. The molecule has 11 rings (SSSR count). The van der Waals surface area contributed by atoms with E-state index in [4.69, 9.17) is 24.5 Å². The summed E-state index contributed by atoms with van der Waals surface area (Å²) >= 11 is 4.12. The van der Waals surface area contributed by atoms with Crippen LogP contribution >= 0.6 is 22.4 Å². The number of carbonyl (C=O) groups excluding carboxylic acids is 3. The molecule has 0 bridgehead atoms. The second kappa shape index (κ2) is 22.5. The van der Waals surface area contributed by atoms with Crippen molar-refractivity contribution >= 4 is 80.3 Å². The lowest BCUT2D eigenvalue weighted by Crippen LogP contribution is -2.45. The highest BCUT2D eigenvalue weighted by Crippen LogP contribution is 2.66. The molecule has 5 aromatic rings. The number of nitrogen functional groups attached to an aromatic ring is 1. The normalized spacial score (nSPS) is 21.5. The summed E-state index contributed by atoms with van der Waals surface area (Å²) in [6, 6.07) is 12.4. The fraction of sp³-hybridized carbons (Fsp3) is 0.460. The van der Waals surface area contributed by atoms with Gasteiger partial charge in [0, 0.05) is 97.8 Å². The second-order valence-electron chi connectivity index (χ2n) is 20.4. The number of phosphoric acid groups is 2.